The lowest BCUT2D eigenvalue weighted by Crippen LogP contribution is -2.62. The normalized spacial score (nSPS) is 27.0. The van der Waals surface area contributed by atoms with Crippen molar-refractivity contribution < 1.29 is 18.0 Å². The molecular weight excluding hydrogens is 355 g/mol. The highest BCUT2D eigenvalue weighted by Gasteiger charge is 2.40. The Labute approximate surface area is 156 Å². The van der Waals surface area contributed by atoms with Gasteiger partial charge in [0.15, 0.2) is 0 Å². The first-order chi connectivity index (χ1) is 12.9. The Bertz CT molecular complexity index is 862. The third kappa shape index (κ3) is 3.04. The van der Waals surface area contributed by atoms with Crippen LogP contribution in [-0.4, -0.2) is 40.5 Å². The second kappa shape index (κ2) is 6.71. The third-order valence-electron chi connectivity index (χ3n) is 6.09. The summed E-state index contributed by atoms with van der Waals surface area (Å²) >= 11 is 0. The molecule has 1 N–H and O–H groups in total. The molecule has 3 aliphatic rings. The Hall–Kier alpha value is -2.28. The molecule has 3 fully saturated rings. The number of fused-ring (bicyclic) bond motifs is 3. The highest BCUT2D eigenvalue weighted by atomic mass is 19.1. The average molecular weight is 377 g/mol. The molecule has 3 aliphatic heterocycles. The molecule has 0 spiro atoms. The Balaban J connectivity index is 1.60. The van der Waals surface area contributed by atoms with Crippen LogP contribution in [0.4, 0.5) is 13.2 Å². The average Bonchev–Trinajstić information content (AvgIpc) is 2.99. The molecule has 144 valence electrons. The number of halogens is 3. The Morgan fingerprint density at radius 3 is 2.33 bits per heavy atom. The van der Waals surface area contributed by atoms with Gasteiger partial charge in [-0.2, -0.15) is 0 Å². The molecule has 7 heteroatoms. The zero-order valence-electron chi connectivity index (χ0n) is 15.3. The Morgan fingerprint density at radius 2 is 1.74 bits per heavy atom. The van der Waals surface area contributed by atoms with Gasteiger partial charge in [0.25, 0.3) is 5.91 Å². The molecule has 27 heavy (non-hydrogen) atoms. The molecule has 5 rings (SSSR count). The second-order valence-corrected chi connectivity index (χ2v) is 7.52. The van der Waals surface area contributed by atoms with E-state index < -0.39 is 17.5 Å². The van der Waals surface area contributed by atoms with Crippen LogP contribution in [0.1, 0.15) is 30.3 Å². The van der Waals surface area contributed by atoms with E-state index in [1.165, 1.54) is 10.6 Å². The van der Waals surface area contributed by atoms with E-state index in [0.29, 0.717) is 23.7 Å². The van der Waals surface area contributed by atoms with Gasteiger partial charge in [-0.15, -0.1) is 0 Å². The topological polar surface area (TPSA) is 37.3 Å². The third-order valence-corrected chi connectivity index (χ3v) is 6.09. The number of amides is 1. The maximum Gasteiger partial charge on any atom is 0.268 e. The number of nitrogens with one attached hydrogen (secondary N) is 1. The van der Waals surface area contributed by atoms with Crippen LogP contribution in [0.2, 0.25) is 0 Å². The number of aromatic nitrogens is 1. The van der Waals surface area contributed by atoms with Crippen molar-refractivity contribution in [1.82, 2.24) is 14.8 Å². The van der Waals surface area contributed by atoms with Crippen molar-refractivity contribution in [3.8, 4) is 11.3 Å². The first kappa shape index (κ1) is 18.1. The summed E-state index contributed by atoms with van der Waals surface area (Å²) in [5, 5.41) is 3.11. The van der Waals surface area contributed by atoms with Crippen molar-refractivity contribution >= 4 is 5.91 Å². The van der Waals surface area contributed by atoms with E-state index >= 15 is 0 Å². The molecule has 2 bridgehead atoms. The standard InChI is InChI=1S/C20H22F3N3O/c1-11-19(12-5-7-26(11)8-6-12)24-20(27)17-4-3-16(25(17)2)18-14(22)9-13(21)10-15(18)23/h3-4,9-12,19H,5-8H2,1-2H3,(H,24,27)/t11-,19-/m0/s1. The summed E-state index contributed by atoms with van der Waals surface area (Å²) in [6.07, 6.45) is 2.14. The van der Waals surface area contributed by atoms with E-state index in [-0.39, 0.29) is 29.2 Å². The summed E-state index contributed by atoms with van der Waals surface area (Å²) < 4.78 is 42.8. The highest BCUT2D eigenvalue weighted by molar-refractivity contribution is 5.94. The van der Waals surface area contributed by atoms with Gasteiger partial charge in [-0.25, -0.2) is 13.2 Å². The molecule has 2 aromatic rings. The van der Waals surface area contributed by atoms with Crippen LogP contribution in [0.3, 0.4) is 0 Å². The van der Waals surface area contributed by atoms with Crippen molar-refractivity contribution in [3.05, 3.63) is 47.4 Å². The summed E-state index contributed by atoms with van der Waals surface area (Å²) in [5.74, 6) is -2.77. The zero-order chi connectivity index (χ0) is 19.3. The minimum Gasteiger partial charge on any atom is -0.346 e. The number of rotatable bonds is 3. The van der Waals surface area contributed by atoms with Crippen molar-refractivity contribution in [2.45, 2.75) is 31.8 Å². The van der Waals surface area contributed by atoms with Crippen molar-refractivity contribution in [2.75, 3.05) is 13.1 Å². The van der Waals surface area contributed by atoms with Gasteiger partial charge < -0.3 is 9.88 Å². The van der Waals surface area contributed by atoms with Crippen LogP contribution in [0.15, 0.2) is 24.3 Å². The van der Waals surface area contributed by atoms with E-state index in [9.17, 15) is 18.0 Å². The Kier molecular flexibility index (Phi) is 4.50. The summed E-state index contributed by atoms with van der Waals surface area (Å²) in [4.78, 5) is 15.2. The van der Waals surface area contributed by atoms with Crippen molar-refractivity contribution in [3.63, 3.8) is 0 Å². The van der Waals surface area contributed by atoms with Crippen LogP contribution < -0.4 is 5.32 Å². The number of hydrogen-bond acceptors (Lipinski definition) is 2. The first-order valence-corrected chi connectivity index (χ1v) is 9.22. The molecule has 4 nitrogen and oxygen atoms in total. The number of hydrogen-bond donors (Lipinski definition) is 1. The van der Waals surface area contributed by atoms with Crippen molar-refractivity contribution in [1.29, 1.82) is 0 Å². The first-order valence-electron chi connectivity index (χ1n) is 9.22. The minimum absolute atomic E-state index is 0.0673. The van der Waals surface area contributed by atoms with Gasteiger partial charge in [0.05, 0.1) is 11.3 Å². The van der Waals surface area contributed by atoms with E-state index in [0.717, 1.165) is 25.9 Å². The Morgan fingerprint density at radius 1 is 1.11 bits per heavy atom. The van der Waals surface area contributed by atoms with Gasteiger partial charge in [0, 0.05) is 31.3 Å². The maximum absolute atomic E-state index is 14.1. The highest BCUT2D eigenvalue weighted by Crippen LogP contribution is 2.33. The summed E-state index contributed by atoms with van der Waals surface area (Å²) in [7, 11) is 1.58. The number of piperidine rings is 3. The van der Waals surface area contributed by atoms with Gasteiger partial charge in [0.1, 0.15) is 23.1 Å². The largest absolute Gasteiger partial charge is 0.346 e. The molecular formula is C20H22F3N3O. The van der Waals surface area contributed by atoms with Gasteiger partial charge in [0.2, 0.25) is 0 Å². The van der Waals surface area contributed by atoms with Gasteiger partial charge in [-0.1, -0.05) is 0 Å². The fourth-order valence-electron chi connectivity index (χ4n) is 4.55. The number of benzene rings is 1. The van der Waals surface area contributed by atoms with Crippen LogP contribution in [-0.2, 0) is 7.05 Å². The summed E-state index contributed by atoms with van der Waals surface area (Å²) in [6, 6.07) is 4.64. The molecule has 0 saturated carbocycles. The SMILES string of the molecule is C[C@H]1[C@H](NC(=O)c2ccc(-c3c(F)cc(F)cc3F)n2C)C2CCN1CC2. The number of carbonyl (C=O) groups is 1. The van der Waals surface area contributed by atoms with Crippen LogP contribution in [0, 0.1) is 23.4 Å². The molecule has 1 aromatic carbocycles. The maximum atomic E-state index is 14.1. The van der Waals surface area contributed by atoms with Crippen LogP contribution in [0.5, 0.6) is 0 Å². The molecule has 0 unspecified atom stereocenters. The zero-order valence-corrected chi connectivity index (χ0v) is 15.3. The fraction of sp³-hybridized carbons (Fsp3) is 0.450. The smallest absolute Gasteiger partial charge is 0.268 e. The summed E-state index contributed by atoms with van der Waals surface area (Å²) in [6.45, 7) is 4.25. The van der Waals surface area contributed by atoms with E-state index in [2.05, 4.69) is 17.1 Å². The van der Waals surface area contributed by atoms with Crippen LogP contribution >= 0.6 is 0 Å². The minimum atomic E-state index is -0.994. The molecule has 4 heterocycles. The van der Waals surface area contributed by atoms with Gasteiger partial charge in [-0.3, -0.25) is 9.69 Å². The van der Waals surface area contributed by atoms with Gasteiger partial charge >= 0.3 is 0 Å². The number of carbonyl (C=O) groups excluding carboxylic acids is 1. The fourth-order valence-corrected chi connectivity index (χ4v) is 4.55. The predicted molar refractivity (Wildman–Crippen MR) is 95.7 cm³/mol. The van der Waals surface area contributed by atoms with Gasteiger partial charge in [-0.05, 0) is 50.9 Å². The number of nitrogens with zero attached hydrogens (tertiary/aromatic N) is 2. The predicted octanol–water partition coefficient (Wildman–Crippen LogP) is 3.32. The quantitative estimate of drug-likeness (QED) is 0.891. The van der Waals surface area contributed by atoms with Crippen molar-refractivity contribution in [2.24, 2.45) is 13.0 Å². The molecule has 1 aromatic heterocycles. The van der Waals surface area contributed by atoms with Crippen LogP contribution in [0.25, 0.3) is 11.3 Å². The van der Waals surface area contributed by atoms with E-state index in [1.807, 2.05) is 0 Å². The molecule has 0 aliphatic carbocycles. The van der Waals surface area contributed by atoms with E-state index in [4.69, 9.17) is 0 Å². The molecule has 1 amide bonds. The second-order valence-electron chi connectivity index (χ2n) is 7.52. The monoisotopic (exact) mass is 377 g/mol. The molecule has 2 atom stereocenters. The lowest BCUT2D eigenvalue weighted by molar-refractivity contribution is 0.0215. The lowest BCUT2D eigenvalue weighted by atomic mass is 9.79. The molecule has 3 saturated heterocycles. The van der Waals surface area contributed by atoms with E-state index in [1.54, 1.807) is 13.1 Å². The lowest BCUT2D eigenvalue weighted by Gasteiger charge is -2.49. The molecule has 0 radical (unpaired) electrons. The summed E-state index contributed by atoms with van der Waals surface area (Å²) in [5.41, 5.74) is 0.169.